The highest BCUT2D eigenvalue weighted by Crippen LogP contribution is 2.43. The zero-order valence-electron chi connectivity index (χ0n) is 55.4. The molecule has 2 atom stereocenters. The molecule has 0 rings (SSSR count). The van der Waals surface area contributed by atoms with E-state index in [9.17, 15) is 19.0 Å². The fourth-order valence-corrected chi connectivity index (χ4v) is 10.5. The first-order valence-corrected chi connectivity index (χ1v) is 36.5. The van der Waals surface area contributed by atoms with Crippen LogP contribution in [-0.4, -0.2) is 74.9 Å². The van der Waals surface area contributed by atoms with Crippen LogP contribution in [0.3, 0.4) is 0 Å². The van der Waals surface area contributed by atoms with Crippen LogP contribution in [0.25, 0.3) is 0 Å². The number of phosphoric acid groups is 1. The second-order valence-electron chi connectivity index (χ2n) is 24.5. The molecule has 0 aliphatic carbocycles. The van der Waals surface area contributed by atoms with Crippen LogP contribution in [0, 0.1) is 0 Å². The van der Waals surface area contributed by atoms with Crippen LogP contribution in [0.4, 0.5) is 0 Å². The highest BCUT2D eigenvalue weighted by molar-refractivity contribution is 7.47. The monoisotopic (exact) mass is 1190 g/mol. The van der Waals surface area contributed by atoms with Gasteiger partial charge in [0.15, 0.2) is 6.10 Å². The van der Waals surface area contributed by atoms with Crippen molar-refractivity contribution in [2.75, 3.05) is 47.5 Å². The number of carbonyl (C=O) groups is 2. The summed E-state index contributed by atoms with van der Waals surface area (Å²) in [4.78, 5) is 35.9. The fraction of sp³-hybridized carbons (Fsp3) is 0.757. The SMILES string of the molecule is CC/C=C\C/C=C\C/C=C\C/C=C\C/C=C\C/C=C\CCCCCCCCC(=O)OC(COC(=O)CCCCCCCCCCCCCCCCCCCCCCCCC/C=C\C/C=C\CCCCCCC)COP(=O)(O)OCC[N+](C)(C)C. The summed E-state index contributed by atoms with van der Waals surface area (Å²) in [6.45, 7) is 4.32. The summed E-state index contributed by atoms with van der Waals surface area (Å²) in [7, 11) is 1.46. The van der Waals surface area contributed by atoms with E-state index in [2.05, 4.69) is 111 Å². The zero-order chi connectivity index (χ0) is 61.2. The van der Waals surface area contributed by atoms with E-state index in [-0.39, 0.29) is 32.0 Å². The van der Waals surface area contributed by atoms with Crippen LogP contribution in [0.15, 0.2) is 97.2 Å². The molecule has 486 valence electrons. The Balaban J connectivity index is 4.03. The molecule has 0 heterocycles. The molecule has 0 saturated carbocycles. The second kappa shape index (κ2) is 64.4. The van der Waals surface area contributed by atoms with Gasteiger partial charge in [-0.3, -0.25) is 18.6 Å². The van der Waals surface area contributed by atoms with E-state index in [1.165, 1.54) is 173 Å². The molecule has 1 N–H and O–H groups in total. The average Bonchev–Trinajstić information content (AvgIpc) is 3.60. The van der Waals surface area contributed by atoms with Gasteiger partial charge in [-0.15, -0.1) is 0 Å². The minimum absolute atomic E-state index is 0.0253. The zero-order valence-corrected chi connectivity index (χ0v) is 56.3. The fourth-order valence-electron chi connectivity index (χ4n) is 9.76. The van der Waals surface area contributed by atoms with Crippen LogP contribution in [0.1, 0.15) is 309 Å². The largest absolute Gasteiger partial charge is 0.472 e. The van der Waals surface area contributed by atoms with Gasteiger partial charge in [0.25, 0.3) is 0 Å². The van der Waals surface area contributed by atoms with Gasteiger partial charge >= 0.3 is 19.8 Å². The van der Waals surface area contributed by atoms with Crippen molar-refractivity contribution >= 4 is 19.8 Å². The van der Waals surface area contributed by atoms with Crippen molar-refractivity contribution in [3.8, 4) is 0 Å². The minimum Gasteiger partial charge on any atom is -0.462 e. The van der Waals surface area contributed by atoms with Crippen molar-refractivity contribution in [2.45, 2.75) is 315 Å². The van der Waals surface area contributed by atoms with Crippen molar-refractivity contribution in [1.29, 1.82) is 0 Å². The number of rotatable bonds is 64. The molecule has 0 aromatic rings. The molecule has 0 aliphatic rings. The van der Waals surface area contributed by atoms with Crippen molar-refractivity contribution in [3.63, 3.8) is 0 Å². The number of ether oxygens (including phenoxy) is 2. The molecule has 0 radical (unpaired) electrons. The Kier molecular flexibility index (Phi) is 62.1. The standard InChI is InChI=1S/C74H132NO8P/c1-6-8-10-12-14-16-18-20-22-24-26-28-30-32-33-34-35-36-37-38-39-40-41-43-44-46-48-50-52-54-56-58-60-62-64-66-73(76)80-70-72(71-82-84(78,79)81-69-68-75(3,4)5)83-74(77)67-65-63-61-59-57-55-53-51-49-47-45-42-31-29-27-25-23-21-19-17-15-13-11-9-7-2/h9,11,15,17-18,20-21,23-24,26-27,29,42,45,49,51,72H,6-8,10,12-14,16,19,22,25,28,30-41,43-44,46-48,50,52-71H2,1-5H3/p+1/b11-9-,17-15-,20-18-,23-21-,26-24-,29-27-,45-42-,51-49-. The van der Waals surface area contributed by atoms with Gasteiger partial charge in [0.05, 0.1) is 27.7 Å². The topological polar surface area (TPSA) is 108 Å². The van der Waals surface area contributed by atoms with Crippen LogP contribution >= 0.6 is 7.82 Å². The Hall–Kier alpha value is -3.07. The maximum absolute atomic E-state index is 12.9. The van der Waals surface area contributed by atoms with Crippen molar-refractivity contribution in [2.24, 2.45) is 0 Å². The molecule has 84 heavy (non-hydrogen) atoms. The molecule has 9 nitrogen and oxygen atoms in total. The third-order valence-corrected chi connectivity index (χ3v) is 16.1. The van der Waals surface area contributed by atoms with Crippen molar-refractivity contribution in [3.05, 3.63) is 97.2 Å². The first kappa shape index (κ1) is 80.9. The molecule has 0 bridgehead atoms. The van der Waals surface area contributed by atoms with E-state index in [1.54, 1.807) is 0 Å². The summed E-state index contributed by atoms with van der Waals surface area (Å²) in [5.74, 6) is -0.808. The predicted molar refractivity (Wildman–Crippen MR) is 362 cm³/mol. The van der Waals surface area contributed by atoms with Gasteiger partial charge in [0.1, 0.15) is 19.8 Å². The summed E-state index contributed by atoms with van der Waals surface area (Å²) < 4.78 is 34.7. The first-order chi connectivity index (χ1) is 41.0. The molecule has 2 unspecified atom stereocenters. The van der Waals surface area contributed by atoms with E-state index in [0.717, 1.165) is 103 Å². The highest BCUT2D eigenvalue weighted by Gasteiger charge is 2.27. The minimum atomic E-state index is -4.40. The van der Waals surface area contributed by atoms with E-state index in [0.29, 0.717) is 17.4 Å². The summed E-state index contributed by atoms with van der Waals surface area (Å²) in [6.07, 6.45) is 89.5. The number of allylic oxidation sites excluding steroid dienone is 16. The van der Waals surface area contributed by atoms with Crippen molar-refractivity contribution < 1.29 is 42.1 Å². The van der Waals surface area contributed by atoms with Gasteiger partial charge in [-0.25, -0.2) is 4.57 Å². The lowest BCUT2D eigenvalue weighted by atomic mass is 10.0. The van der Waals surface area contributed by atoms with Gasteiger partial charge in [-0.1, -0.05) is 297 Å². The van der Waals surface area contributed by atoms with E-state index in [1.807, 2.05) is 21.1 Å². The van der Waals surface area contributed by atoms with Crippen molar-refractivity contribution in [1.82, 2.24) is 0 Å². The number of unbranched alkanes of at least 4 members (excludes halogenated alkanes) is 34. The summed E-state index contributed by atoms with van der Waals surface area (Å²) in [5.41, 5.74) is 0. The Morgan fingerprint density at radius 2 is 0.679 bits per heavy atom. The third kappa shape index (κ3) is 68.0. The predicted octanol–water partition coefficient (Wildman–Crippen LogP) is 22.7. The molecule has 0 aliphatic heterocycles. The maximum atomic E-state index is 12.9. The van der Waals surface area contributed by atoms with Gasteiger partial charge in [-0.2, -0.15) is 0 Å². The highest BCUT2D eigenvalue weighted by atomic mass is 31.2. The summed E-state index contributed by atoms with van der Waals surface area (Å²) in [6, 6.07) is 0. The molecule has 0 fully saturated rings. The lowest BCUT2D eigenvalue weighted by molar-refractivity contribution is -0.870. The molecule has 0 aromatic heterocycles. The number of likely N-dealkylation sites (N-methyl/N-ethyl adjacent to an activating group) is 1. The number of quaternary nitrogens is 1. The number of esters is 2. The van der Waals surface area contributed by atoms with Crippen LogP contribution in [0.5, 0.6) is 0 Å². The normalized spacial score (nSPS) is 13.7. The number of nitrogens with zero attached hydrogens (tertiary/aromatic N) is 1. The number of hydrogen-bond donors (Lipinski definition) is 1. The van der Waals surface area contributed by atoms with Gasteiger partial charge in [0.2, 0.25) is 0 Å². The van der Waals surface area contributed by atoms with E-state index in [4.69, 9.17) is 18.5 Å². The molecule has 0 spiro atoms. The lowest BCUT2D eigenvalue weighted by Gasteiger charge is -2.24. The number of carbonyl (C=O) groups excluding carboxylic acids is 2. The number of hydrogen-bond acceptors (Lipinski definition) is 7. The van der Waals surface area contributed by atoms with Crippen LogP contribution in [-0.2, 0) is 32.7 Å². The molecule has 10 heteroatoms. The Morgan fingerprint density at radius 1 is 0.381 bits per heavy atom. The lowest BCUT2D eigenvalue weighted by Crippen LogP contribution is -2.37. The Labute approximate surface area is 519 Å². The van der Waals surface area contributed by atoms with Crippen LogP contribution in [0.2, 0.25) is 0 Å². The second-order valence-corrected chi connectivity index (χ2v) is 26.0. The quantitative estimate of drug-likeness (QED) is 0.0211. The smallest absolute Gasteiger partial charge is 0.462 e. The average molecular weight is 1200 g/mol. The third-order valence-electron chi connectivity index (χ3n) is 15.1. The molecule has 0 amide bonds. The number of phosphoric ester groups is 1. The molecule has 0 aromatic carbocycles. The van der Waals surface area contributed by atoms with Gasteiger partial charge in [0, 0.05) is 12.8 Å². The Bertz CT molecular complexity index is 1740. The van der Waals surface area contributed by atoms with E-state index >= 15 is 0 Å². The van der Waals surface area contributed by atoms with Gasteiger partial charge < -0.3 is 18.9 Å². The molecule has 0 saturated heterocycles. The molecular formula is C74H133NO8P+. The van der Waals surface area contributed by atoms with Crippen LogP contribution < -0.4 is 0 Å². The first-order valence-electron chi connectivity index (χ1n) is 35.0. The summed E-state index contributed by atoms with van der Waals surface area (Å²) >= 11 is 0. The Morgan fingerprint density at radius 3 is 1.01 bits per heavy atom. The maximum Gasteiger partial charge on any atom is 0.472 e. The van der Waals surface area contributed by atoms with Gasteiger partial charge in [-0.05, 0) is 96.3 Å². The summed E-state index contributed by atoms with van der Waals surface area (Å²) in [5, 5.41) is 0. The molecular weight excluding hydrogens is 1060 g/mol. The van der Waals surface area contributed by atoms with E-state index < -0.39 is 26.5 Å².